The highest BCUT2D eigenvalue weighted by Crippen LogP contribution is 2.29. The average Bonchev–Trinajstić information content (AvgIpc) is 2.70. The first kappa shape index (κ1) is 18.9. The van der Waals surface area contributed by atoms with Gasteiger partial charge in [-0.1, -0.05) is 61.9 Å². The maximum atomic E-state index is 13.4. The van der Waals surface area contributed by atoms with E-state index < -0.39 is 0 Å². The SMILES string of the molecule is CCCCN(CC(=O)OCC)C(=O)c1cc2ccccc2c2ccccc12. The van der Waals surface area contributed by atoms with Gasteiger partial charge in [0.15, 0.2) is 0 Å². The molecule has 27 heavy (non-hydrogen) atoms. The Morgan fingerprint density at radius 1 is 0.926 bits per heavy atom. The molecule has 3 aromatic carbocycles. The Balaban J connectivity index is 2.06. The van der Waals surface area contributed by atoms with Crippen LogP contribution in [0.5, 0.6) is 0 Å². The number of esters is 1. The molecule has 0 spiro atoms. The summed E-state index contributed by atoms with van der Waals surface area (Å²) in [6.07, 6.45) is 1.79. The van der Waals surface area contributed by atoms with Crippen LogP contribution < -0.4 is 0 Å². The van der Waals surface area contributed by atoms with Crippen LogP contribution in [0.15, 0.2) is 54.6 Å². The number of fused-ring (bicyclic) bond motifs is 3. The third-order valence-electron chi connectivity index (χ3n) is 4.69. The molecule has 0 unspecified atom stereocenters. The molecule has 0 N–H and O–H groups in total. The maximum absolute atomic E-state index is 13.4. The number of unbranched alkanes of at least 4 members (excludes halogenated alkanes) is 1. The molecule has 0 saturated heterocycles. The van der Waals surface area contributed by atoms with Crippen molar-refractivity contribution in [1.82, 2.24) is 4.90 Å². The molecule has 0 aromatic heterocycles. The second-order valence-corrected chi connectivity index (χ2v) is 6.58. The van der Waals surface area contributed by atoms with Crippen molar-refractivity contribution in [2.75, 3.05) is 19.7 Å². The number of nitrogens with zero attached hydrogens (tertiary/aromatic N) is 1. The van der Waals surface area contributed by atoms with Crippen LogP contribution in [0.2, 0.25) is 0 Å². The summed E-state index contributed by atoms with van der Waals surface area (Å²) in [7, 11) is 0. The number of rotatable bonds is 7. The lowest BCUT2D eigenvalue weighted by molar-refractivity contribution is -0.143. The third kappa shape index (κ3) is 4.11. The quantitative estimate of drug-likeness (QED) is 0.447. The predicted octanol–water partition coefficient (Wildman–Crippen LogP) is 4.80. The molecule has 3 rings (SSSR count). The fraction of sp³-hybridized carbons (Fsp3) is 0.304. The van der Waals surface area contributed by atoms with Crippen LogP contribution in [0.3, 0.4) is 0 Å². The number of carbonyl (C=O) groups is 2. The molecular weight excluding hydrogens is 338 g/mol. The van der Waals surface area contributed by atoms with Gasteiger partial charge in [-0.2, -0.15) is 0 Å². The molecule has 0 bridgehead atoms. The lowest BCUT2D eigenvalue weighted by Gasteiger charge is -2.23. The van der Waals surface area contributed by atoms with E-state index in [0.29, 0.717) is 18.7 Å². The maximum Gasteiger partial charge on any atom is 0.325 e. The lowest BCUT2D eigenvalue weighted by Crippen LogP contribution is -2.37. The second kappa shape index (κ2) is 8.67. The van der Waals surface area contributed by atoms with Gasteiger partial charge in [-0.15, -0.1) is 0 Å². The zero-order valence-corrected chi connectivity index (χ0v) is 15.9. The van der Waals surface area contributed by atoms with Crippen molar-refractivity contribution in [2.24, 2.45) is 0 Å². The predicted molar refractivity (Wildman–Crippen MR) is 109 cm³/mol. The van der Waals surface area contributed by atoms with E-state index in [0.717, 1.165) is 34.4 Å². The zero-order valence-electron chi connectivity index (χ0n) is 15.9. The first-order valence-electron chi connectivity index (χ1n) is 9.51. The van der Waals surface area contributed by atoms with Gasteiger partial charge in [-0.3, -0.25) is 9.59 Å². The standard InChI is InChI=1S/C23H25NO3/c1-3-5-14-24(16-22(25)27-4-2)23(26)21-15-17-10-6-7-11-18(17)19-12-8-9-13-20(19)21/h6-13,15H,3-5,14,16H2,1-2H3. The molecule has 0 fully saturated rings. The van der Waals surface area contributed by atoms with Crippen molar-refractivity contribution in [3.63, 3.8) is 0 Å². The lowest BCUT2D eigenvalue weighted by atomic mass is 9.96. The minimum atomic E-state index is -0.368. The molecule has 0 aliphatic heterocycles. The summed E-state index contributed by atoms with van der Waals surface area (Å²) in [5.41, 5.74) is 0.629. The summed E-state index contributed by atoms with van der Waals surface area (Å²) in [6, 6.07) is 17.9. The highest BCUT2D eigenvalue weighted by Gasteiger charge is 2.21. The van der Waals surface area contributed by atoms with Crippen LogP contribution in [-0.2, 0) is 9.53 Å². The van der Waals surface area contributed by atoms with E-state index in [2.05, 4.69) is 13.0 Å². The van der Waals surface area contributed by atoms with Gasteiger partial charge in [0.2, 0.25) is 0 Å². The largest absolute Gasteiger partial charge is 0.465 e. The number of hydrogen-bond donors (Lipinski definition) is 0. The first-order valence-corrected chi connectivity index (χ1v) is 9.51. The number of hydrogen-bond acceptors (Lipinski definition) is 3. The fourth-order valence-electron chi connectivity index (χ4n) is 3.37. The van der Waals surface area contributed by atoms with Gasteiger partial charge >= 0.3 is 5.97 Å². The van der Waals surface area contributed by atoms with Gasteiger partial charge in [-0.05, 0) is 41.0 Å². The topological polar surface area (TPSA) is 46.6 Å². The minimum absolute atomic E-state index is 0.0200. The van der Waals surface area contributed by atoms with E-state index in [1.807, 2.05) is 48.5 Å². The van der Waals surface area contributed by atoms with Gasteiger partial charge < -0.3 is 9.64 Å². The normalized spacial score (nSPS) is 10.9. The Bertz CT molecular complexity index is 964. The van der Waals surface area contributed by atoms with E-state index in [1.54, 1.807) is 11.8 Å². The fourth-order valence-corrected chi connectivity index (χ4v) is 3.37. The van der Waals surface area contributed by atoms with Gasteiger partial charge in [0.05, 0.1) is 6.61 Å². The van der Waals surface area contributed by atoms with Crippen molar-refractivity contribution >= 4 is 33.4 Å². The molecule has 4 heteroatoms. The van der Waals surface area contributed by atoms with Crippen molar-refractivity contribution < 1.29 is 14.3 Å². The summed E-state index contributed by atoms with van der Waals surface area (Å²) < 4.78 is 5.06. The first-order chi connectivity index (χ1) is 13.2. The second-order valence-electron chi connectivity index (χ2n) is 6.58. The molecule has 0 aliphatic rings. The van der Waals surface area contributed by atoms with Crippen molar-refractivity contribution in [1.29, 1.82) is 0 Å². The van der Waals surface area contributed by atoms with Crippen LogP contribution >= 0.6 is 0 Å². The minimum Gasteiger partial charge on any atom is -0.465 e. The molecular formula is C23H25NO3. The van der Waals surface area contributed by atoms with E-state index in [1.165, 1.54) is 0 Å². The Hall–Kier alpha value is -2.88. The van der Waals surface area contributed by atoms with Crippen molar-refractivity contribution in [3.8, 4) is 0 Å². The van der Waals surface area contributed by atoms with Crippen LogP contribution in [0.4, 0.5) is 0 Å². The number of amides is 1. The zero-order chi connectivity index (χ0) is 19.2. The molecule has 1 amide bonds. The summed E-state index contributed by atoms with van der Waals surface area (Å²) in [6.45, 7) is 4.67. The van der Waals surface area contributed by atoms with E-state index in [9.17, 15) is 9.59 Å². The highest BCUT2D eigenvalue weighted by atomic mass is 16.5. The summed E-state index contributed by atoms with van der Waals surface area (Å²) in [5, 5.41) is 4.10. The summed E-state index contributed by atoms with van der Waals surface area (Å²) in [5.74, 6) is -0.495. The van der Waals surface area contributed by atoms with E-state index >= 15 is 0 Å². The molecule has 4 nitrogen and oxygen atoms in total. The Labute approximate surface area is 159 Å². The van der Waals surface area contributed by atoms with E-state index in [-0.39, 0.29) is 18.4 Å². The van der Waals surface area contributed by atoms with Gasteiger partial charge in [-0.25, -0.2) is 0 Å². The average molecular weight is 363 g/mol. The molecule has 140 valence electrons. The number of ether oxygens (including phenoxy) is 1. The monoisotopic (exact) mass is 363 g/mol. The van der Waals surface area contributed by atoms with Crippen LogP contribution in [0.25, 0.3) is 21.5 Å². The van der Waals surface area contributed by atoms with Gasteiger partial charge in [0.25, 0.3) is 5.91 Å². The van der Waals surface area contributed by atoms with Gasteiger partial charge in [0.1, 0.15) is 6.54 Å². The van der Waals surface area contributed by atoms with Crippen LogP contribution in [0, 0.1) is 0 Å². The Kier molecular flexibility index (Phi) is 6.07. The summed E-state index contributed by atoms with van der Waals surface area (Å²) in [4.78, 5) is 27.0. The summed E-state index contributed by atoms with van der Waals surface area (Å²) >= 11 is 0. The Morgan fingerprint density at radius 3 is 2.30 bits per heavy atom. The third-order valence-corrected chi connectivity index (χ3v) is 4.69. The highest BCUT2D eigenvalue weighted by molar-refractivity contribution is 6.17. The molecule has 0 aliphatic carbocycles. The Morgan fingerprint density at radius 2 is 1.59 bits per heavy atom. The van der Waals surface area contributed by atoms with Crippen molar-refractivity contribution in [2.45, 2.75) is 26.7 Å². The molecule has 0 atom stereocenters. The molecule has 0 radical (unpaired) electrons. The van der Waals surface area contributed by atoms with Gasteiger partial charge in [0, 0.05) is 12.1 Å². The van der Waals surface area contributed by atoms with E-state index in [4.69, 9.17) is 4.74 Å². The van der Waals surface area contributed by atoms with Crippen molar-refractivity contribution in [3.05, 3.63) is 60.2 Å². The number of carbonyl (C=O) groups excluding carboxylic acids is 2. The molecule has 0 saturated carbocycles. The molecule has 3 aromatic rings. The van der Waals surface area contributed by atoms with Crippen LogP contribution in [0.1, 0.15) is 37.0 Å². The number of benzene rings is 3. The van der Waals surface area contributed by atoms with Crippen LogP contribution in [-0.4, -0.2) is 36.5 Å². The molecule has 0 heterocycles. The smallest absolute Gasteiger partial charge is 0.325 e.